The topological polar surface area (TPSA) is 84.7 Å². The molecule has 2 amide bonds. The average molecular weight is 229 g/mol. The van der Waals surface area contributed by atoms with Gasteiger partial charge in [-0.15, -0.1) is 0 Å². The van der Waals surface area contributed by atoms with E-state index in [1.54, 1.807) is 7.11 Å². The molecule has 1 rings (SSSR count). The third-order valence-electron chi connectivity index (χ3n) is 2.53. The van der Waals surface area contributed by atoms with Gasteiger partial charge < -0.3 is 20.7 Å². The third-order valence-corrected chi connectivity index (χ3v) is 2.53. The molecule has 1 atom stereocenters. The standard InChI is InChI=1S/C10H19N3O3/c1-16-6-4-12-9(14)7-13-5-2-3-8(11)10(13)15/h8H,2-7,11H2,1H3,(H,12,14)/t8-/m0/s1. The van der Waals surface area contributed by atoms with Gasteiger partial charge in [-0.1, -0.05) is 0 Å². The second-order valence-corrected chi connectivity index (χ2v) is 3.85. The molecule has 0 aromatic carbocycles. The van der Waals surface area contributed by atoms with Crippen molar-refractivity contribution in [3.05, 3.63) is 0 Å². The fraction of sp³-hybridized carbons (Fsp3) is 0.800. The second kappa shape index (κ2) is 6.44. The Bertz CT molecular complexity index is 258. The van der Waals surface area contributed by atoms with Crippen molar-refractivity contribution in [3.8, 4) is 0 Å². The molecule has 1 aliphatic heterocycles. The normalized spacial score (nSPS) is 21.0. The molecule has 0 aromatic heterocycles. The van der Waals surface area contributed by atoms with Gasteiger partial charge in [0.05, 0.1) is 19.2 Å². The summed E-state index contributed by atoms with van der Waals surface area (Å²) in [4.78, 5) is 24.5. The van der Waals surface area contributed by atoms with E-state index < -0.39 is 6.04 Å². The zero-order valence-corrected chi connectivity index (χ0v) is 9.57. The van der Waals surface area contributed by atoms with Crippen LogP contribution in [0.25, 0.3) is 0 Å². The fourth-order valence-corrected chi connectivity index (χ4v) is 1.65. The highest BCUT2D eigenvalue weighted by molar-refractivity contribution is 5.87. The number of ether oxygens (including phenoxy) is 1. The fourth-order valence-electron chi connectivity index (χ4n) is 1.65. The van der Waals surface area contributed by atoms with Gasteiger partial charge in [-0.05, 0) is 12.8 Å². The number of nitrogens with two attached hydrogens (primary N) is 1. The van der Waals surface area contributed by atoms with Crippen LogP contribution in [0, 0.1) is 0 Å². The maximum absolute atomic E-state index is 11.6. The number of carbonyl (C=O) groups excluding carboxylic acids is 2. The summed E-state index contributed by atoms with van der Waals surface area (Å²) >= 11 is 0. The quantitative estimate of drug-likeness (QED) is 0.574. The first-order valence-corrected chi connectivity index (χ1v) is 5.45. The Hall–Kier alpha value is -1.14. The van der Waals surface area contributed by atoms with Gasteiger partial charge in [0, 0.05) is 20.2 Å². The Labute approximate surface area is 95.1 Å². The van der Waals surface area contributed by atoms with E-state index in [4.69, 9.17) is 10.5 Å². The Morgan fingerprint density at radius 2 is 2.44 bits per heavy atom. The van der Waals surface area contributed by atoms with E-state index in [0.717, 1.165) is 6.42 Å². The van der Waals surface area contributed by atoms with Crippen LogP contribution in [0.15, 0.2) is 0 Å². The van der Waals surface area contributed by atoms with Gasteiger partial charge in [-0.2, -0.15) is 0 Å². The van der Waals surface area contributed by atoms with Crippen molar-refractivity contribution in [3.63, 3.8) is 0 Å². The number of nitrogens with one attached hydrogen (secondary N) is 1. The van der Waals surface area contributed by atoms with Crippen molar-refractivity contribution in [2.45, 2.75) is 18.9 Å². The number of likely N-dealkylation sites (tertiary alicyclic amines) is 1. The summed E-state index contributed by atoms with van der Waals surface area (Å²) < 4.78 is 4.81. The van der Waals surface area contributed by atoms with Crippen molar-refractivity contribution >= 4 is 11.8 Å². The van der Waals surface area contributed by atoms with Crippen molar-refractivity contribution in [1.82, 2.24) is 10.2 Å². The molecule has 0 aliphatic carbocycles. The van der Waals surface area contributed by atoms with Gasteiger partial charge >= 0.3 is 0 Å². The van der Waals surface area contributed by atoms with Crippen LogP contribution in [-0.4, -0.2) is 56.1 Å². The summed E-state index contributed by atoms with van der Waals surface area (Å²) in [6, 6.07) is -0.444. The lowest BCUT2D eigenvalue weighted by Crippen LogP contribution is -2.51. The van der Waals surface area contributed by atoms with Gasteiger partial charge in [0.15, 0.2) is 0 Å². The maximum Gasteiger partial charge on any atom is 0.239 e. The van der Waals surface area contributed by atoms with E-state index in [1.165, 1.54) is 4.90 Å². The van der Waals surface area contributed by atoms with Crippen molar-refractivity contribution < 1.29 is 14.3 Å². The van der Waals surface area contributed by atoms with Gasteiger partial charge in [-0.3, -0.25) is 9.59 Å². The first kappa shape index (κ1) is 12.9. The van der Waals surface area contributed by atoms with E-state index in [1.807, 2.05) is 0 Å². The lowest BCUT2D eigenvalue weighted by molar-refractivity contribution is -0.139. The number of piperidine rings is 1. The molecular formula is C10H19N3O3. The molecule has 0 aromatic rings. The molecule has 0 radical (unpaired) electrons. The van der Waals surface area contributed by atoms with E-state index in [9.17, 15) is 9.59 Å². The number of carbonyl (C=O) groups is 2. The van der Waals surface area contributed by atoms with Crippen molar-refractivity contribution in [2.24, 2.45) is 5.73 Å². The second-order valence-electron chi connectivity index (χ2n) is 3.85. The molecule has 92 valence electrons. The predicted octanol–water partition coefficient (Wildman–Crippen LogP) is -1.30. The summed E-state index contributed by atoms with van der Waals surface area (Å²) in [5.41, 5.74) is 5.62. The van der Waals surface area contributed by atoms with Gasteiger partial charge in [0.1, 0.15) is 0 Å². The van der Waals surface area contributed by atoms with E-state index in [-0.39, 0.29) is 18.4 Å². The summed E-state index contributed by atoms with van der Waals surface area (Å²) in [7, 11) is 1.57. The summed E-state index contributed by atoms with van der Waals surface area (Å²) in [5.74, 6) is -0.298. The van der Waals surface area contributed by atoms with E-state index >= 15 is 0 Å². The number of methoxy groups -OCH3 is 1. The summed E-state index contributed by atoms with van der Waals surface area (Å²) in [6.45, 7) is 1.64. The molecule has 3 N–H and O–H groups in total. The molecule has 6 nitrogen and oxygen atoms in total. The van der Waals surface area contributed by atoms with Crippen LogP contribution in [0.2, 0.25) is 0 Å². The van der Waals surface area contributed by atoms with Crippen LogP contribution < -0.4 is 11.1 Å². The predicted molar refractivity (Wildman–Crippen MR) is 58.7 cm³/mol. The smallest absolute Gasteiger partial charge is 0.239 e. The summed E-state index contributed by atoms with van der Waals surface area (Å²) in [6.07, 6.45) is 1.57. The van der Waals surface area contributed by atoms with Crippen LogP contribution in [0.3, 0.4) is 0 Å². The van der Waals surface area contributed by atoms with E-state index in [0.29, 0.717) is 26.1 Å². The van der Waals surface area contributed by atoms with Gasteiger partial charge in [-0.25, -0.2) is 0 Å². The molecule has 16 heavy (non-hydrogen) atoms. The molecular weight excluding hydrogens is 210 g/mol. The first-order chi connectivity index (χ1) is 7.65. The lowest BCUT2D eigenvalue weighted by atomic mass is 10.1. The Kier molecular flexibility index (Phi) is 5.21. The van der Waals surface area contributed by atoms with Crippen LogP contribution in [0.1, 0.15) is 12.8 Å². The molecule has 1 saturated heterocycles. The molecule has 1 heterocycles. The number of nitrogens with zero attached hydrogens (tertiary/aromatic N) is 1. The first-order valence-electron chi connectivity index (χ1n) is 5.45. The summed E-state index contributed by atoms with van der Waals surface area (Å²) in [5, 5.41) is 2.67. The molecule has 0 unspecified atom stereocenters. The molecule has 6 heteroatoms. The number of rotatable bonds is 5. The minimum absolute atomic E-state index is 0.0935. The van der Waals surface area contributed by atoms with Crippen LogP contribution in [0.4, 0.5) is 0 Å². The van der Waals surface area contributed by atoms with Gasteiger partial charge in [0.25, 0.3) is 0 Å². The highest BCUT2D eigenvalue weighted by Gasteiger charge is 2.26. The minimum Gasteiger partial charge on any atom is -0.383 e. The molecule has 1 aliphatic rings. The largest absolute Gasteiger partial charge is 0.383 e. The Balaban J connectivity index is 2.29. The van der Waals surface area contributed by atoms with Gasteiger partial charge in [0.2, 0.25) is 11.8 Å². The van der Waals surface area contributed by atoms with E-state index in [2.05, 4.69) is 5.32 Å². The van der Waals surface area contributed by atoms with Crippen molar-refractivity contribution in [1.29, 1.82) is 0 Å². The molecule has 0 bridgehead atoms. The zero-order chi connectivity index (χ0) is 12.0. The molecule has 1 fully saturated rings. The Morgan fingerprint density at radius 1 is 1.69 bits per heavy atom. The Morgan fingerprint density at radius 3 is 3.12 bits per heavy atom. The lowest BCUT2D eigenvalue weighted by Gasteiger charge is -2.29. The minimum atomic E-state index is -0.444. The van der Waals surface area contributed by atoms with Crippen LogP contribution in [-0.2, 0) is 14.3 Å². The average Bonchev–Trinajstić information content (AvgIpc) is 2.25. The zero-order valence-electron chi connectivity index (χ0n) is 9.57. The number of hydrogen-bond acceptors (Lipinski definition) is 4. The van der Waals surface area contributed by atoms with Crippen LogP contribution in [0.5, 0.6) is 0 Å². The number of amides is 2. The molecule has 0 spiro atoms. The monoisotopic (exact) mass is 229 g/mol. The highest BCUT2D eigenvalue weighted by Crippen LogP contribution is 2.08. The van der Waals surface area contributed by atoms with Crippen molar-refractivity contribution in [2.75, 3.05) is 33.4 Å². The maximum atomic E-state index is 11.6. The third kappa shape index (κ3) is 3.79. The molecule has 0 saturated carbocycles. The highest BCUT2D eigenvalue weighted by atomic mass is 16.5. The number of hydrogen-bond donors (Lipinski definition) is 2. The SMILES string of the molecule is COCCNC(=O)CN1CCC[C@H](N)C1=O. The van der Waals surface area contributed by atoms with Crippen LogP contribution >= 0.6 is 0 Å².